The Labute approximate surface area is 91.1 Å². The van der Waals surface area contributed by atoms with E-state index in [2.05, 4.69) is 23.2 Å². The number of rotatable bonds is 7. The fraction of sp³-hybridized carbons (Fsp3) is 0.250. The van der Waals surface area contributed by atoms with Crippen molar-refractivity contribution in [2.75, 3.05) is 12.3 Å². The van der Waals surface area contributed by atoms with Gasteiger partial charge in [0.05, 0.1) is 0 Å². The lowest BCUT2D eigenvalue weighted by Gasteiger charge is -2.01. The highest BCUT2D eigenvalue weighted by atomic mass is 33.1. The molecule has 0 aromatic carbocycles. The summed E-state index contributed by atoms with van der Waals surface area (Å²) in [4.78, 5) is 21.3. The topological polar surface area (TPSA) is 58.2 Å². The van der Waals surface area contributed by atoms with Crippen molar-refractivity contribution in [2.24, 2.45) is 0 Å². The van der Waals surface area contributed by atoms with Crippen molar-refractivity contribution in [3.8, 4) is 0 Å². The summed E-state index contributed by atoms with van der Waals surface area (Å²) in [5, 5.41) is 2.61. The van der Waals surface area contributed by atoms with Gasteiger partial charge in [0.15, 0.2) is 0 Å². The van der Waals surface area contributed by atoms with Gasteiger partial charge in [0.2, 0.25) is 5.91 Å². The van der Waals surface area contributed by atoms with Crippen molar-refractivity contribution in [2.45, 2.75) is 0 Å². The lowest BCUT2D eigenvalue weighted by Crippen LogP contribution is -2.23. The average molecular weight is 232 g/mol. The molecule has 0 saturated carbocycles. The van der Waals surface area contributed by atoms with E-state index < -0.39 is 0 Å². The van der Waals surface area contributed by atoms with Crippen LogP contribution in [-0.4, -0.2) is 24.1 Å². The van der Waals surface area contributed by atoms with Crippen LogP contribution in [0.25, 0.3) is 0 Å². The Hall–Kier alpha value is -0.880. The van der Waals surface area contributed by atoms with Gasteiger partial charge in [-0.05, 0) is 12.2 Å². The van der Waals surface area contributed by atoms with Crippen LogP contribution in [0.15, 0.2) is 25.3 Å². The molecule has 0 saturated heterocycles. The van der Waals surface area contributed by atoms with Crippen molar-refractivity contribution in [1.29, 1.82) is 0 Å². The Morgan fingerprint density at radius 2 is 1.86 bits per heavy atom. The summed E-state index contributed by atoms with van der Waals surface area (Å²) in [5.74, 6) is 0.296. The molecule has 6 heteroatoms. The smallest absolute Gasteiger partial charge is 0.253 e. The van der Waals surface area contributed by atoms with Crippen LogP contribution in [0.3, 0.4) is 0 Å². The fourth-order valence-electron chi connectivity index (χ4n) is 0.442. The molecule has 0 aliphatic heterocycles. The normalized spacial score (nSPS) is 8.86. The minimum Gasteiger partial charge on any atom is -0.352 e. The van der Waals surface area contributed by atoms with E-state index in [1.165, 1.54) is 33.9 Å². The van der Waals surface area contributed by atoms with Gasteiger partial charge < -0.3 is 5.32 Å². The second-order valence-electron chi connectivity index (χ2n) is 2.07. The number of amides is 2. The number of carbonyl (C=O) groups excluding carboxylic acids is 2. The van der Waals surface area contributed by atoms with Crippen LogP contribution < -0.4 is 10.0 Å². The average Bonchev–Trinajstić information content (AvgIpc) is 2.22. The molecule has 0 aromatic rings. The quantitative estimate of drug-likeness (QED) is 0.296. The van der Waals surface area contributed by atoms with E-state index in [-0.39, 0.29) is 11.8 Å². The Morgan fingerprint density at radius 3 is 2.43 bits per heavy atom. The fourth-order valence-corrected chi connectivity index (χ4v) is 1.86. The van der Waals surface area contributed by atoms with Gasteiger partial charge in [-0.15, -0.1) is 0 Å². The predicted octanol–water partition coefficient (Wildman–Crippen LogP) is 0.887. The molecular formula is C8H12N2O2S2. The molecule has 0 atom stereocenters. The SMILES string of the molecule is C=CC(=O)NCCSSNC(=O)C=C. The maximum atomic E-state index is 10.7. The minimum absolute atomic E-state index is 0.189. The molecule has 78 valence electrons. The summed E-state index contributed by atoms with van der Waals surface area (Å²) in [6, 6.07) is 0. The summed E-state index contributed by atoms with van der Waals surface area (Å²) in [6.45, 7) is 7.17. The van der Waals surface area contributed by atoms with Crippen LogP contribution in [0.5, 0.6) is 0 Å². The third kappa shape index (κ3) is 7.75. The molecule has 0 radical (unpaired) electrons. The predicted molar refractivity (Wildman–Crippen MR) is 61.6 cm³/mol. The second kappa shape index (κ2) is 8.71. The van der Waals surface area contributed by atoms with E-state index in [1.54, 1.807) is 0 Å². The van der Waals surface area contributed by atoms with Crippen LogP contribution in [0.2, 0.25) is 0 Å². The maximum absolute atomic E-state index is 10.7. The van der Waals surface area contributed by atoms with Crippen LogP contribution in [-0.2, 0) is 9.59 Å². The molecule has 2 N–H and O–H groups in total. The number of carbonyl (C=O) groups is 2. The van der Waals surface area contributed by atoms with Crippen molar-refractivity contribution >= 4 is 33.6 Å². The third-order valence-corrected chi connectivity index (χ3v) is 2.93. The molecule has 0 aliphatic carbocycles. The molecule has 0 bridgehead atoms. The Bertz CT molecular complexity index is 207. The van der Waals surface area contributed by atoms with Gasteiger partial charge in [-0.2, -0.15) is 0 Å². The first kappa shape index (κ1) is 13.1. The largest absolute Gasteiger partial charge is 0.352 e. The summed E-state index contributed by atoms with van der Waals surface area (Å²) in [7, 11) is 2.65. The number of hydrogen-bond donors (Lipinski definition) is 2. The Kier molecular flexibility index (Phi) is 8.16. The molecule has 4 nitrogen and oxygen atoms in total. The van der Waals surface area contributed by atoms with Crippen LogP contribution in [0, 0.1) is 0 Å². The van der Waals surface area contributed by atoms with E-state index in [0.29, 0.717) is 12.3 Å². The lowest BCUT2D eigenvalue weighted by molar-refractivity contribution is -0.116. The summed E-state index contributed by atoms with van der Waals surface area (Å²) in [5.41, 5.74) is 0. The van der Waals surface area contributed by atoms with Gasteiger partial charge in [-0.25, -0.2) is 0 Å². The Morgan fingerprint density at radius 1 is 1.21 bits per heavy atom. The first-order chi connectivity index (χ1) is 6.70. The van der Waals surface area contributed by atoms with Gasteiger partial charge in [-0.1, -0.05) is 24.0 Å². The standard InChI is InChI=1S/C8H12N2O2S2/c1-3-7(11)9-5-6-13-14-10-8(12)4-2/h3-4H,1-2,5-6H2,(H,9,11)(H,10,12). The van der Waals surface area contributed by atoms with Gasteiger partial charge in [-0.3, -0.25) is 14.3 Å². The molecule has 0 heterocycles. The molecule has 0 rings (SSSR count). The van der Waals surface area contributed by atoms with E-state index >= 15 is 0 Å². The van der Waals surface area contributed by atoms with Gasteiger partial charge in [0.1, 0.15) is 0 Å². The van der Waals surface area contributed by atoms with Crippen LogP contribution >= 0.6 is 21.8 Å². The highest BCUT2D eigenvalue weighted by molar-refractivity contribution is 8.76. The van der Waals surface area contributed by atoms with Gasteiger partial charge >= 0.3 is 0 Å². The van der Waals surface area contributed by atoms with Crippen LogP contribution in [0.4, 0.5) is 0 Å². The summed E-state index contributed by atoms with van der Waals surface area (Å²) >= 11 is 0. The summed E-state index contributed by atoms with van der Waals surface area (Å²) < 4.78 is 2.52. The molecule has 0 fully saturated rings. The highest BCUT2D eigenvalue weighted by Crippen LogP contribution is 2.15. The molecule has 0 aromatic heterocycles. The number of nitrogens with one attached hydrogen (secondary N) is 2. The highest BCUT2D eigenvalue weighted by Gasteiger charge is 1.95. The monoisotopic (exact) mass is 232 g/mol. The molecule has 0 spiro atoms. The van der Waals surface area contributed by atoms with Crippen molar-refractivity contribution in [3.05, 3.63) is 25.3 Å². The second-order valence-corrected chi connectivity index (χ2v) is 4.29. The van der Waals surface area contributed by atoms with E-state index in [4.69, 9.17) is 0 Å². The van der Waals surface area contributed by atoms with Gasteiger partial charge in [0, 0.05) is 23.3 Å². The maximum Gasteiger partial charge on any atom is 0.253 e. The van der Waals surface area contributed by atoms with Crippen LogP contribution in [0.1, 0.15) is 0 Å². The first-order valence-corrected chi connectivity index (χ1v) is 6.13. The molecule has 0 aliphatic rings. The molecular weight excluding hydrogens is 220 g/mol. The van der Waals surface area contributed by atoms with Crippen molar-refractivity contribution in [1.82, 2.24) is 10.0 Å². The Balaban J connectivity index is 3.21. The van der Waals surface area contributed by atoms with Crippen molar-refractivity contribution in [3.63, 3.8) is 0 Å². The zero-order valence-corrected chi connectivity index (χ0v) is 9.25. The minimum atomic E-state index is -0.224. The van der Waals surface area contributed by atoms with Gasteiger partial charge in [0.25, 0.3) is 5.91 Å². The summed E-state index contributed by atoms with van der Waals surface area (Å²) in [6.07, 6.45) is 2.42. The zero-order valence-electron chi connectivity index (χ0n) is 7.62. The molecule has 14 heavy (non-hydrogen) atoms. The molecule has 2 amide bonds. The lowest BCUT2D eigenvalue weighted by atomic mass is 10.6. The van der Waals surface area contributed by atoms with Crippen molar-refractivity contribution < 1.29 is 9.59 Å². The molecule has 0 unspecified atom stereocenters. The number of hydrogen-bond acceptors (Lipinski definition) is 4. The third-order valence-electron chi connectivity index (χ3n) is 1.06. The zero-order chi connectivity index (χ0) is 10.8. The van der Waals surface area contributed by atoms with E-state index in [1.807, 2.05) is 0 Å². The van der Waals surface area contributed by atoms with E-state index in [0.717, 1.165) is 0 Å². The first-order valence-electron chi connectivity index (χ1n) is 3.82. The van der Waals surface area contributed by atoms with E-state index in [9.17, 15) is 9.59 Å².